The first-order valence-electron chi connectivity index (χ1n) is 8.50. The van der Waals surface area contributed by atoms with Crippen LogP contribution in [0.2, 0.25) is 0 Å². The Kier molecular flexibility index (Phi) is 6.08. The number of hydrogen-bond donors (Lipinski definition) is 2. The number of hydrogen-bond acceptors (Lipinski definition) is 8. The molecule has 0 aromatic carbocycles. The minimum atomic E-state index is -4.79. The van der Waals surface area contributed by atoms with E-state index in [0.717, 1.165) is 12.5 Å². The van der Waals surface area contributed by atoms with Gasteiger partial charge in [0.05, 0.1) is 17.3 Å². The normalized spacial score (nSPS) is 16.9. The fourth-order valence-electron chi connectivity index (χ4n) is 2.91. The lowest BCUT2D eigenvalue weighted by atomic mass is 10.1. The van der Waals surface area contributed by atoms with Crippen LogP contribution in [0.15, 0.2) is 6.20 Å². The fraction of sp³-hybridized carbons (Fsp3) is 0.533. The molecule has 1 aliphatic rings. The number of halogens is 4. The van der Waals surface area contributed by atoms with Crippen LogP contribution in [0, 0.1) is 5.82 Å². The Hall–Kier alpha value is -1.90. The number of thiazole rings is 1. The maximum absolute atomic E-state index is 14.3. The molecule has 0 saturated carbocycles. The second-order valence-electron chi connectivity index (χ2n) is 6.46. The average molecular weight is 454 g/mol. The lowest BCUT2D eigenvalue weighted by molar-refractivity contribution is -0.140. The number of anilines is 1. The van der Waals surface area contributed by atoms with E-state index < -0.39 is 38.3 Å². The molecule has 1 saturated heterocycles. The summed E-state index contributed by atoms with van der Waals surface area (Å²) >= 11 is 0.624. The van der Waals surface area contributed by atoms with Crippen molar-refractivity contribution in [2.75, 3.05) is 24.7 Å². The van der Waals surface area contributed by atoms with Crippen LogP contribution < -0.4 is 11.1 Å². The van der Waals surface area contributed by atoms with Crippen molar-refractivity contribution in [2.45, 2.75) is 31.6 Å². The van der Waals surface area contributed by atoms with Gasteiger partial charge < -0.3 is 11.1 Å². The van der Waals surface area contributed by atoms with Crippen molar-refractivity contribution in [3.63, 3.8) is 0 Å². The lowest BCUT2D eigenvalue weighted by Gasteiger charge is -2.30. The van der Waals surface area contributed by atoms with Crippen LogP contribution in [0.4, 0.5) is 23.5 Å². The van der Waals surface area contributed by atoms with Gasteiger partial charge >= 0.3 is 6.18 Å². The number of alkyl halides is 3. The molecule has 160 valence electrons. The van der Waals surface area contributed by atoms with Gasteiger partial charge in [0.25, 0.3) is 0 Å². The van der Waals surface area contributed by atoms with Gasteiger partial charge in [-0.1, -0.05) is 0 Å². The van der Waals surface area contributed by atoms with Gasteiger partial charge in [-0.3, -0.25) is 0 Å². The summed E-state index contributed by atoms with van der Waals surface area (Å²) in [5.41, 5.74) is 3.63. The van der Waals surface area contributed by atoms with Crippen LogP contribution in [0.3, 0.4) is 0 Å². The molecule has 0 aliphatic carbocycles. The molecule has 0 spiro atoms. The van der Waals surface area contributed by atoms with Crippen molar-refractivity contribution < 1.29 is 26.0 Å². The highest BCUT2D eigenvalue weighted by atomic mass is 32.2. The molecule has 0 amide bonds. The van der Waals surface area contributed by atoms with E-state index in [2.05, 4.69) is 20.3 Å². The Balaban J connectivity index is 1.84. The third-order valence-electron chi connectivity index (χ3n) is 4.33. The Bertz CT molecular complexity index is 987. The lowest BCUT2D eigenvalue weighted by Crippen LogP contribution is -2.42. The molecule has 14 heteroatoms. The molecule has 1 fully saturated rings. The second-order valence-corrected chi connectivity index (χ2v) is 9.52. The standard InChI is InChI=1S/C15H18F4N6O2S2/c1-29(26,27)25-4-2-8(3-5-25)22-14-21-7-9(16)11(24-14)12-13(15(17,18)19)23-10(6-20)28-12/h7-8H,2-6,20H2,1H3,(H,21,22,24). The van der Waals surface area contributed by atoms with Gasteiger partial charge in [-0.25, -0.2) is 32.1 Å². The molecule has 3 rings (SSSR count). The molecule has 0 radical (unpaired) electrons. The van der Waals surface area contributed by atoms with Crippen LogP contribution in [-0.2, 0) is 22.7 Å². The van der Waals surface area contributed by atoms with Gasteiger partial charge in [-0.15, -0.1) is 11.3 Å². The fourth-order valence-corrected chi connectivity index (χ4v) is 4.74. The van der Waals surface area contributed by atoms with Crippen molar-refractivity contribution in [3.8, 4) is 10.6 Å². The molecule has 29 heavy (non-hydrogen) atoms. The molecule has 3 heterocycles. The molecule has 1 aliphatic heterocycles. The van der Waals surface area contributed by atoms with Gasteiger partial charge in [-0.05, 0) is 12.8 Å². The summed E-state index contributed by atoms with van der Waals surface area (Å²) in [5.74, 6) is -1.06. The summed E-state index contributed by atoms with van der Waals surface area (Å²) in [6.45, 7) is 0.361. The molecule has 8 nitrogen and oxygen atoms in total. The van der Waals surface area contributed by atoms with E-state index in [0.29, 0.717) is 24.2 Å². The zero-order valence-electron chi connectivity index (χ0n) is 15.2. The van der Waals surface area contributed by atoms with E-state index in [-0.39, 0.29) is 36.6 Å². The minimum Gasteiger partial charge on any atom is -0.351 e. The van der Waals surface area contributed by atoms with Crippen molar-refractivity contribution in [2.24, 2.45) is 5.73 Å². The van der Waals surface area contributed by atoms with E-state index in [1.807, 2.05) is 0 Å². The SMILES string of the molecule is CS(=O)(=O)N1CCC(Nc2ncc(F)c(-c3sc(CN)nc3C(F)(F)F)n2)CC1. The summed E-state index contributed by atoms with van der Waals surface area (Å²) in [6, 6.07) is -0.200. The second kappa shape index (κ2) is 8.08. The van der Waals surface area contributed by atoms with Crippen molar-refractivity contribution >= 4 is 27.3 Å². The predicted molar refractivity (Wildman–Crippen MR) is 99.1 cm³/mol. The highest BCUT2D eigenvalue weighted by molar-refractivity contribution is 7.88. The zero-order chi connectivity index (χ0) is 21.4. The molecule has 0 unspecified atom stereocenters. The van der Waals surface area contributed by atoms with E-state index >= 15 is 0 Å². The quantitative estimate of drug-likeness (QED) is 0.665. The number of rotatable bonds is 5. The Labute approximate surface area is 168 Å². The number of nitrogens with one attached hydrogen (secondary N) is 1. The topological polar surface area (TPSA) is 114 Å². The van der Waals surface area contributed by atoms with Gasteiger partial charge in [-0.2, -0.15) is 13.2 Å². The monoisotopic (exact) mass is 454 g/mol. The first-order valence-corrected chi connectivity index (χ1v) is 11.2. The third-order valence-corrected chi connectivity index (χ3v) is 6.72. The number of piperidine rings is 1. The van der Waals surface area contributed by atoms with E-state index in [4.69, 9.17) is 5.73 Å². The molecule has 2 aromatic rings. The Morgan fingerprint density at radius 1 is 1.31 bits per heavy atom. The first-order chi connectivity index (χ1) is 13.5. The summed E-state index contributed by atoms with van der Waals surface area (Å²) < 4.78 is 78.6. The third kappa shape index (κ3) is 4.99. The predicted octanol–water partition coefficient (Wildman–Crippen LogP) is 2.05. The Morgan fingerprint density at radius 2 is 1.97 bits per heavy atom. The number of aromatic nitrogens is 3. The maximum Gasteiger partial charge on any atom is 0.434 e. The van der Waals surface area contributed by atoms with E-state index in [1.54, 1.807) is 0 Å². The van der Waals surface area contributed by atoms with Crippen LogP contribution in [0.5, 0.6) is 0 Å². The van der Waals surface area contributed by atoms with Crippen molar-refractivity contribution in [1.29, 1.82) is 0 Å². The van der Waals surface area contributed by atoms with Gasteiger partial charge in [0.2, 0.25) is 16.0 Å². The van der Waals surface area contributed by atoms with Gasteiger partial charge in [0.15, 0.2) is 11.5 Å². The highest BCUT2D eigenvalue weighted by Gasteiger charge is 2.39. The average Bonchev–Trinajstić information content (AvgIpc) is 3.08. The largest absolute Gasteiger partial charge is 0.434 e. The number of sulfonamides is 1. The molecule has 0 atom stereocenters. The van der Waals surface area contributed by atoms with Gasteiger partial charge in [0.1, 0.15) is 10.7 Å². The molecular formula is C15H18F4N6O2S2. The zero-order valence-corrected chi connectivity index (χ0v) is 16.8. The summed E-state index contributed by atoms with van der Waals surface area (Å²) in [6.07, 6.45) is -1.97. The Morgan fingerprint density at radius 3 is 2.52 bits per heavy atom. The molecule has 2 aromatic heterocycles. The highest BCUT2D eigenvalue weighted by Crippen LogP contribution is 2.40. The molecular weight excluding hydrogens is 436 g/mol. The van der Waals surface area contributed by atoms with E-state index in [1.165, 1.54) is 4.31 Å². The van der Waals surface area contributed by atoms with E-state index in [9.17, 15) is 26.0 Å². The van der Waals surface area contributed by atoms with Crippen molar-refractivity contribution in [3.05, 3.63) is 22.7 Å². The summed E-state index contributed by atoms with van der Waals surface area (Å²) in [7, 11) is -3.29. The van der Waals surface area contributed by atoms with Crippen LogP contribution >= 0.6 is 11.3 Å². The summed E-state index contributed by atoms with van der Waals surface area (Å²) in [5, 5.41) is 2.94. The smallest absolute Gasteiger partial charge is 0.351 e. The molecule has 0 bridgehead atoms. The molecule has 3 N–H and O–H groups in total. The maximum atomic E-state index is 14.3. The van der Waals surface area contributed by atoms with Crippen LogP contribution in [-0.4, -0.2) is 53.1 Å². The van der Waals surface area contributed by atoms with Crippen LogP contribution in [0.25, 0.3) is 10.6 Å². The minimum absolute atomic E-state index is 0.00740. The van der Waals surface area contributed by atoms with Crippen molar-refractivity contribution in [1.82, 2.24) is 19.3 Å². The summed E-state index contributed by atoms with van der Waals surface area (Å²) in [4.78, 5) is 10.7. The number of nitrogens with two attached hydrogens (primary N) is 1. The van der Waals surface area contributed by atoms with Crippen LogP contribution in [0.1, 0.15) is 23.5 Å². The van der Waals surface area contributed by atoms with Gasteiger partial charge in [0, 0.05) is 25.7 Å². The first kappa shape index (κ1) is 21.8. The number of nitrogens with zero attached hydrogens (tertiary/aromatic N) is 4.